The normalized spacial score (nSPS) is 15.1. The van der Waals surface area contributed by atoms with Crippen LogP contribution in [0.2, 0.25) is 0 Å². The first-order valence-corrected chi connectivity index (χ1v) is 18.6. The molecule has 4 heterocycles. The van der Waals surface area contributed by atoms with E-state index in [1.165, 1.54) is 18.5 Å². The summed E-state index contributed by atoms with van der Waals surface area (Å²) in [5.41, 5.74) is 7.06. The van der Waals surface area contributed by atoms with Crippen LogP contribution in [0.5, 0.6) is 0 Å². The molecule has 0 aliphatic carbocycles. The third-order valence-electron chi connectivity index (χ3n) is 9.30. The van der Waals surface area contributed by atoms with Crippen LogP contribution in [-0.4, -0.2) is 15.0 Å². The van der Waals surface area contributed by atoms with E-state index in [1.807, 2.05) is 107 Å². The molecule has 8 aromatic rings. The molecule has 5 heteroatoms. The Labute approximate surface area is 366 Å². The van der Waals surface area contributed by atoms with E-state index in [-0.39, 0.29) is 36.8 Å². The first-order chi connectivity index (χ1) is 30.7. The minimum absolute atomic E-state index is 0. The van der Waals surface area contributed by atoms with Gasteiger partial charge in [0, 0.05) is 57.2 Å². The first kappa shape index (κ1) is 29.9. The number of fused-ring (bicyclic) bond motifs is 3. The standard InChI is InChI=1S/C40H41N2O.C12H10N.Ir/c1-24(2)33-20-28(27-13-10-9-11-14-27)21-34(25(3)4)37(33)35-18-17-31-30-15-12-16-32(38(30)43-39(31)42-35)36-19-26(5)29(23-41-36)22-40(6,7)8;1-10-7-8-12(13-9-10)11-5-3-2-4-6-11;/h9-15,17-21,23-25H,22H2,1-8H3;2-5,7-9H,1H3;/q2*-1;/i5D3,22D2,24D,25D;1D3;. The summed E-state index contributed by atoms with van der Waals surface area (Å²) in [6.07, 6.45) is 0.750. The van der Waals surface area contributed by atoms with Crippen LogP contribution in [0.3, 0.4) is 0 Å². The van der Waals surface area contributed by atoms with Crippen molar-refractivity contribution in [2.24, 2.45) is 5.41 Å². The summed E-state index contributed by atoms with van der Waals surface area (Å²) in [5.74, 6) is -2.04. The average molecular weight is 936 g/mol. The Morgan fingerprint density at radius 1 is 0.719 bits per heavy atom. The van der Waals surface area contributed by atoms with Gasteiger partial charge < -0.3 is 14.4 Å². The van der Waals surface area contributed by atoms with Gasteiger partial charge in [0.1, 0.15) is 0 Å². The Hall–Kier alpha value is -5.22. The molecule has 291 valence electrons. The summed E-state index contributed by atoms with van der Waals surface area (Å²) in [6, 6.07) is 39.7. The topological polar surface area (TPSA) is 51.8 Å². The maximum Gasteiger partial charge on any atom is 0.216 e. The molecule has 0 spiro atoms. The smallest absolute Gasteiger partial charge is 0.216 e. The number of nitrogens with zero attached hydrogens (tertiary/aromatic N) is 3. The molecule has 4 aromatic heterocycles. The molecule has 1 radical (unpaired) electrons. The Morgan fingerprint density at radius 3 is 2.07 bits per heavy atom. The summed E-state index contributed by atoms with van der Waals surface area (Å²) in [6.45, 7) is 7.85. The van der Waals surface area contributed by atoms with Gasteiger partial charge in [-0.3, -0.25) is 0 Å². The number of hydrogen-bond donors (Lipinski definition) is 0. The van der Waals surface area contributed by atoms with Crippen molar-refractivity contribution in [2.75, 3.05) is 0 Å². The van der Waals surface area contributed by atoms with E-state index in [2.05, 4.69) is 22.1 Å². The number of hydrogen-bond acceptors (Lipinski definition) is 4. The van der Waals surface area contributed by atoms with Gasteiger partial charge in [-0.2, -0.15) is 0 Å². The summed E-state index contributed by atoms with van der Waals surface area (Å²) in [7, 11) is 0. The van der Waals surface area contributed by atoms with Crippen LogP contribution in [0.4, 0.5) is 0 Å². The van der Waals surface area contributed by atoms with Crippen LogP contribution >= 0.6 is 0 Å². The molecule has 4 aromatic carbocycles. The van der Waals surface area contributed by atoms with Gasteiger partial charge in [-0.1, -0.05) is 126 Å². The van der Waals surface area contributed by atoms with Crippen molar-refractivity contribution in [3.05, 3.63) is 162 Å². The zero-order chi connectivity index (χ0) is 48.2. The van der Waals surface area contributed by atoms with Crippen molar-refractivity contribution in [2.45, 2.75) is 80.3 Å². The molecule has 4 nitrogen and oxygen atoms in total. The van der Waals surface area contributed by atoms with Crippen molar-refractivity contribution < 1.29 is 38.2 Å². The minimum atomic E-state index is -2.59. The second-order valence-corrected chi connectivity index (χ2v) is 15.3. The Morgan fingerprint density at radius 2 is 1.44 bits per heavy atom. The summed E-state index contributed by atoms with van der Waals surface area (Å²) >= 11 is 0. The molecule has 0 N–H and O–H groups in total. The molecular weight excluding hydrogens is 875 g/mol. The molecule has 8 rings (SSSR count). The molecule has 0 unspecified atom stereocenters. The Kier molecular flexibility index (Phi) is 9.20. The summed E-state index contributed by atoms with van der Waals surface area (Å²) in [5, 5.41) is 1.47. The van der Waals surface area contributed by atoms with E-state index >= 15 is 0 Å². The number of pyridine rings is 3. The molecule has 0 amide bonds. The number of aromatic nitrogens is 3. The molecular formula is C52H51IrN3O-2. The predicted octanol–water partition coefficient (Wildman–Crippen LogP) is 14.2. The molecule has 57 heavy (non-hydrogen) atoms. The van der Waals surface area contributed by atoms with E-state index < -0.39 is 37.3 Å². The molecule has 0 saturated carbocycles. The molecule has 0 fully saturated rings. The van der Waals surface area contributed by atoms with Gasteiger partial charge in [0.2, 0.25) is 5.71 Å². The average Bonchev–Trinajstić information content (AvgIpc) is 3.63. The van der Waals surface area contributed by atoms with Crippen LogP contribution in [0, 0.1) is 31.3 Å². The van der Waals surface area contributed by atoms with E-state index in [1.54, 1.807) is 45.0 Å². The van der Waals surface area contributed by atoms with Crippen LogP contribution < -0.4 is 0 Å². The quantitative estimate of drug-likeness (QED) is 0.149. The van der Waals surface area contributed by atoms with Gasteiger partial charge in [-0.05, 0) is 94.2 Å². The summed E-state index contributed by atoms with van der Waals surface area (Å²) in [4.78, 5) is 13.7. The van der Waals surface area contributed by atoms with Crippen molar-refractivity contribution in [3.8, 4) is 44.9 Å². The zero-order valence-corrected chi connectivity index (χ0v) is 35.5. The number of rotatable bonds is 7. The number of benzene rings is 4. The van der Waals surface area contributed by atoms with Crippen molar-refractivity contribution >= 4 is 22.1 Å². The fraction of sp³-hybridized carbons (Fsp3) is 0.250. The molecule has 0 saturated heterocycles. The van der Waals surface area contributed by atoms with Gasteiger partial charge in [-0.15, -0.1) is 54.1 Å². The second-order valence-electron chi connectivity index (χ2n) is 15.3. The predicted molar refractivity (Wildman–Crippen MR) is 234 cm³/mol. The van der Waals surface area contributed by atoms with Crippen LogP contribution in [0.25, 0.3) is 67.0 Å². The largest absolute Gasteiger partial charge is 0.486 e. The molecule has 0 atom stereocenters. The van der Waals surface area contributed by atoms with E-state index in [0.717, 1.165) is 44.3 Å². The van der Waals surface area contributed by atoms with E-state index in [0.29, 0.717) is 33.8 Å². The second kappa shape index (κ2) is 17.5. The summed E-state index contributed by atoms with van der Waals surface area (Å²) < 4.78 is 88.8. The SMILES string of the molecule is [2H]C([2H])([2H])c1cc(-c2[c-]ccc3c2oc2nc(-c4c(C([2H])(C)C)cc(-c5ccccc5)cc4C([2H])(C)C)ccc23)ncc1C([2H])([2H])C(C)(C)C.[2H]C([2H])([2H])c1ccc(-c2[c-]cccc2)nc1.[Ir]. The van der Waals surface area contributed by atoms with Crippen LogP contribution in [0.15, 0.2) is 126 Å². The monoisotopic (exact) mass is 936 g/mol. The van der Waals surface area contributed by atoms with E-state index in [9.17, 15) is 0 Å². The van der Waals surface area contributed by atoms with Crippen molar-refractivity contribution in [1.82, 2.24) is 15.0 Å². The van der Waals surface area contributed by atoms with Gasteiger partial charge in [-0.25, -0.2) is 4.98 Å². The molecule has 0 bridgehead atoms. The fourth-order valence-corrected chi connectivity index (χ4v) is 6.66. The maximum absolute atomic E-state index is 9.16. The minimum Gasteiger partial charge on any atom is -0.486 e. The van der Waals surface area contributed by atoms with Gasteiger partial charge in [0.05, 0.1) is 11.3 Å². The van der Waals surface area contributed by atoms with Gasteiger partial charge in [0.15, 0.2) is 0 Å². The van der Waals surface area contributed by atoms with Crippen LogP contribution in [-0.2, 0) is 26.5 Å². The molecule has 0 aliphatic heterocycles. The number of furan rings is 1. The van der Waals surface area contributed by atoms with Crippen LogP contribution in [0.1, 0.15) is 102 Å². The third-order valence-corrected chi connectivity index (χ3v) is 9.30. The number of aryl methyl sites for hydroxylation is 2. The third kappa shape index (κ3) is 9.33. The van der Waals surface area contributed by atoms with Crippen molar-refractivity contribution in [3.63, 3.8) is 0 Å². The zero-order valence-electron chi connectivity index (χ0n) is 43.1. The Bertz CT molecular complexity index is 2980. The maximum atomic E-state index is 9.16. The Balaban J connectivity index is 0.000000367. The van der Waals surface area contributed by atoms with Gasteiger partial charge in [0.25, 0.3) is 0 Å². The first-order valence-electron chi connectivity index (χ1n) is 23.6. The van der Waals surface area contributed by atoms with E-state index in [4.69, 9.17) is 23.1 Å². The van der Waals surface area contributed by atoms with Gasteiger partial charge >= 0.3 is 0 Å². The van der Waals surface area contributed by atoms with Crippen molar-refractivity contribution in [1.29, 1.82) is 0 Å². The fourth-order valence-electron chi connectivity index (χ4n) is 6.66. The molecule has 0 aliphatic rings.